The average molecular weight is 293 g/mol. The van der Waals surface area contributed by atoms with E-state index in [1.54, 1.807) is 36.4 Å². The molecule has 1 N–H and O–H groups in total. The molecule has 0 aromatic heterocycles. The summed E-state index contributed by atoms with van der Waals surface area (Å²) in [6.45, 7) is 0. The van der Waals surface area contributed by atoms with Crippen LogP contribution in [0.25, 0.3) is 6.08 Å². The second-order valence-corrected chi connectivity index (χ2v) is 4.37. The lowest BCUT2D eigenvalue weighted by atomic mass is 10.2. The standard InChI is InChI=1S/C16H11N3O3/c17-11-13-4-1-5-14(9-13)18-16(20)8-7-12-3-2-6-15(10-12)19(21)22/h1-10H,(H,18,20). The van der Waals surface area contributed by atoms with Crippen molar-refractivity contribution in [2.24, 2.45) is 0 Å². The average Bonchev–Trinajstić information content (AvgIpc) is 2.53. The summed E-state index contributed by atoms with van der Waals surface area (Å²) < 4.78 is 0. The van der Waals surface area contributed by atoms with Gasteiger partial charge in [0.25, 0.3) is 5.69 Å². The van der Waals surface area contributed by atoms with Crippen molar-refractivity contribution in [3.05, 3.63) is 75.8 Å². The van der Waals surface area contributed by atoms with Crippen LogP contribution in [0, 0.1) is 21.4 Å². The van der Waals surface area contributed by atoms with Gasteiger partial charge in [-0.2, -0.15) is 5.26 Å². The third-order valence-corrected chi connectivity index (χ3v) is 2.77. The Morgan fingerprint density at radius 2 is 2.00 bits per heavy atom. The third-order valence-electron chi connectivity index (χ3n) is 2.77. The Morgan fingerprint density at radius 1 is 1.23 bits per heavy atom. The van der Waals surface area contributed by atoms with Gasteiger partial charge in [-0.25, -0.2) is 0 Å². The number of carbonyl (C=O) groups is 1. The number of carbonyl (C=O) groups excluding carboxylic acids is 1. The summed E-state index contributed by atoms with van der Waals surface area (Å²) in [5, 5.41) is 22.1. The molecule has 1 amide bonds. The first-order valence-corrected chi connectivity index (χ1v) is 6.32. The van der Waals surface area contributed by atoms with Gasteiger partial charge in [-0.05, 0) is 29.8 Å². The zero-order chi connectivity index (χ0) is 15.9. The van der Waals surface area contributed by atoms with Gasteiger partial charge in [0.2, 0.25) is 5.91 Å². The van der Waals surface area contributed by atoms with Gasteiger partial charge < -0.3 is 5.32 Å². The van der Waals surface area contributed by atoms with Crippen molar-refractivity contribution in [2.75, 3.05) is 5.32 Å². The van der Waals surface area contributed by atoms with Crippen molar-refractivity contribution < 1.29 is 9.72 Å². The lowest BCUT2D eigenvalue weighted by Crippen LogP contribution is -2.07. The van der Waals surface area contributed by atoms with Crippen LogP contribution in [0.3, 0.4) is 0 Å². The zero-order valence-corrected chi connectivity index (χ0v) is 11.4. The molecule has 0 unspecified atom stereocenters. The van der Waals surface area contributed by atoms with Crippen molar-refractivity contribution in [2.45, 2.75) is 0 Å². The van der Waals surface area contributed by atoms with Gasteiger partial charge in [-0.15, -0.1) is 0 Å². The van der Waals surface area contributed by atoms with Crippen LogP contribution in [-0.2, 0) is 4.79 Å². The Bertz CT molecular complexity index is 791. The number of nitrogens with one attached hydrogen (secondary N) is 1. The van der Waals surface area contributed by atoms with Crippen LogP contribution >= 0.6 is 0 Å². The van der Waals surface area contributed by atoms with Gasteiger partial charge in [0, 0.05) is 23.9 Å². The van der Waals surface area contributed by atoms with Crippen LogP contribution in [0.4, 0.5) is 11.4 Å². The maximum absolute atomic E-state index is 11.8. The monoisotopic (exact) mass is 293 g/mol. The molecule has 0 atom stereocenters. The van der Waals surface area contributed by atoms with E-state index in [2.05, 4.69) is 5.32 Å². The van der Waals surface area contributed by atoms with E-state index in [1.165, 1.54) is 24.3 Å². The number of nitrogens with zero attached hydrogens (tertiary/aromatic N) is 2. The Balaban J connectivity index is 2.06. The van der Waals surface area contributed by atoms with Crippen molar-refractivity contribution in [1.29, 1.82) is 5.26 Å². The third kappa shape index (κ3) is 4.02. The molecule has 2 aromatic carbocycles. The topological polar surface area (TPSA) is 96.0 Å². The molecule has 0 saturated heterocycles. The minimum atomic E-state index is -0.495. The Kier molecular flexibility index (Phi) is 4.63. The zero-order valence-electron chi connectivity index (χ0n) is 11.4. The van der Waals surface area contributed by atoms with E-state index in [4.69, 9.17) is 5.26 Å². The highest BCUT2D eigenvalue weighted by molar-refractivity contribution is 6.02. The fourth-order valence-electron chi connectivity index (χ4n) is 1.76. The molecule has 0 saturated carbocycles. The largest absolute Gasteiger partial charge is 0.322 e. The normalized spacial score (nSPS) is 10.1. The number of rotatable bonds is 4. The molecule has 0 radical (unpaired) electrons. The fourth-order valence-corrected chi connectivity index (χ4v) is 1.76. The van der Waals surface area contributed by atoms with Gasteiger partial charge >= 0.3 is 0 Å². The summed E-state index contributed by atoms with van der Waals surface area (Å²) in [4.78, 5) is 22.0. The summed E-state index contributed by atoms with van der Waals surface area (Å²) in [6.07, 6.45) is 2.76. The Labute approximate surface area is 126 Å². The van der Waals surface area contributed by atoms with Crippen molar-refractivity contribution >= 4 is 23.4 Å². The van der Waals surface area contributed by atoms with E-state index in [-0.39, 0.29) is 11.6 Å². The second kappa shape index (κ2) is 6.81. The number of amides is 1. The number of hydrogen-bond acceptors (Lipinski definition) is 4. The molecular weight excluding hydrogens is 282 g/mol. The quantitative estimate of drug-likeness (QED) is 0.532. The summed E-state index contributed by atoms with van der Waals surface area (Å²) in [7, 11) is 0. The molecule has 6 heteroatoms. The molecule has 2 aromatic rings. The molecule has 0 aliphatic heterocycles. The van der Waals surface area contributed by atoms with Crippen LogP contribution in [-0.4, -0.2) is 10.8 Å². The molecular formula is C16H11N3O3. The van der Waals surface area contributed by atoms with Crippen LogP contribution in [0.2, 0.25) is 0 Å². The second-order valence-electron chi connectivity index (χ2n) is 4.37. The summed E-state index contributed by atoms with van der Waals surface area (Å²) >= 11 is 0. The van der Waals surface area contributed by atoms with Crippen LogP contribution < -0.4 is 5.32 Å². The van der Waals surface area contributed by atoms with Crippen LogP contribution in [0.5, 0.6) is 0 Å². The van der Waals surface area contributed by atoms with Gasteiger partial charge in [0.05, 0.1) is 16.6 Å². The van der Waals surface area contributed by atoms with E-state index >= 15 is 0 Å². The van der Waals surface area contributed by atoms with E-state index in [1.807, 2.05) is 6.07 Å². The first-order valence-electron chi connectivity index (χ1n) is 6.32. The fraction of sp³-hybridized carbons (Fsp3) is 0. The summed E-state index contributed by atoms with van der Waals surface area (Å²) in [5.41, 5.74) is 1.47. The van der Waals surface area contributed by atoms with E-state index < -0.39 is 4.92 Å². The molecule has 6 nitrogen and oxygen atoms in total. The van der Waals surface area contributed by atoms with Crippen LogP contribution in [0.15, 0.2) is 54.6 Å². The number of non-ortho nitro benzene ring substituents is 1. The minimum absolute atomic E-state index is 0.0377. The highest BCUT2D eigenvalue weighted by Gasteiger charge is 2.04. The molecule has 0 bridgehead atoms. The number of nitro groups is 1. The van der Waals surface area contributed by atoms with Crippen LogP contribution in [0.1, 0.15) is 11.1 Å². The smallest absolute Gasteiger partial charge is 0.270 e. The summed E-state index contributed by atoms with van der Waals surface area (Å²) in [5.74, 6) is -0.387. The van der Waals surface area contributed by atoms with E-state index in [9.17, 15) is 14.9 Å². The molecule has 108 valence electrons. The number of anilines is 1. The number of nitro benzene ring substituents is 1. The van der Waals surface area contributed by atoms with Crippen molar-refractivity contribution in [1.82, 2.24) is 0 Å². The molecule has 0 fully saturated rings. The number of nitriles is 1. The maximum Gasteiger partial charge on any atom is 0.270 e. The predicted molar refractivity (Wildman–Crippen MR) is 81.9 cm³/mol. The predicted octanol–water partition coefficient (Wildman–Crippen LogP) is 3.12. The SMILES string of the molecule is N#Cc1cccc(NC(=O)C=Cc2cccc([N+](=O)[O-])c2)c1. The molecule has 0 heterocycles. The number of hydrogen-bond donors (Lipinski definition) is 1. The molecule has 0 spiro atoms. The lowest BCUT2D eigenvalue weighted by molar-refractivity contribution is -0.384. The minimum Gasteiger partial charge on any atom is -0.322 e. The lowest BCUT2D eigenvalue weighted by Gasteiger charge is -2.01. The maximum atomic E-state index is 11.8. The highest BCUT2D eigenvalue weighted by Crippen LogP contribution is 2.14. The summed E-state index contributed by atoms with van der Waals surface area (Å²) in [6, 6.07) is 14.5. The van der Waals surface area contributed by atoms with Gasteiger partial charge in [0.15, 0.2) is 0 Å². The first kappa shape index (κ1) is 14.9. The molecule has 0 aliphatic rings. The highest BCUT2D eigenvalue weighted by atomic mass is 16.6. The Hall–Kier alpha value is -3.46. The molecule has 0 aliphatic carbocycles. The van der Waals surface area contributed by atoms with Gasteiger partial charge in [-0.1, -0.05) is 18.2 Å². The first-order chi connectivity index (χ1) is 10.6. The molecule has 2 rings (SSSR count). The van der Waals surface area contributed by atoms with Gasteiger partial charge in [-0.3, -0.25) is 14.9 Å². The number of benzene rings is 2. The van der Waals surface area contributed by atoms with Gasteiger partial charge in [0.1, 0.15) is 0 Å². The van der Waals surface area contributed by atoms with E-state index in [0.717, 1.165) is 0 Å². The molecule has 22 heavy (non-hydrogen) atoms. The Morgan fingerprint density at radius 3 is 2.73 bits per heavy atom. The van der Waals surface area contributed by atoms with E-state index in [0.29, 0.717) is 16.8 Å². The van der Waals surface area contributed by atoms with Crippen molar-refractivity contribution in [3.8, 4) is 6.07 Å². The van der Waals surface area contributed by atoms with Crippen molar-refractivity contribution in [3.63, 3.8) is 0 Å².